The van der Waals surface area contributed by atoms with Gasteiger partial charge in [-0.15, -0.1) is 0 Å². The van der Waals surface area contributed by atoms with E-state index in [4.69, 9.17) is 4.74 Å². The molecule has 0 spiro atoms. The van der Waals surface area contributed by atoms with Gasteiger partial charge in [0.2, 0.25) is 0 Å². The third kappa shape index (κ3) is 5.20. The number of hydrogen-bond acceptors (Lipinski definition) is 2. The van der Waals surface area contributed by atoms with Crippen molar-refractivity contribution in [3.8, 4) is 0 Å². The summed E-state index contributed by atoms with van der Waals surface area (Å²) in [5, 5.41) is 0. The number of rotatable bonds is 5. The van der Waals surface area contributed by atoms with Crippen molar-refractivity contribution in [2.45, 2.75) is 115 Å². The molecular formula is C22H35F3O2. The van der Waals surface area contributed by atoms with Gasteiger partial charge in [0.25, 0.3) is 0 Å². The van der Waals surface area contributed by atoms with Crippen LogP contribution in [0.25, 0.3) is 0 Å². The van der Waals surface area contributed by atoms with Gasteiger partial charge < -0.3 is 4.74 Å². The molecular weight excluding hydrogens is 353 g/mol. The molecule has 5 heteroatoms. The van der Waals surface area contributed by atoms with Crippen LogP contribution in [0.4, 0.5) is 13.2 Å². The van der Waals surface area contributed by atoms with Crippen LogP contribution in [-0.2, 0) is 9.53 Å². The molecule has 3 aliphatic carbocycles. The topological polar surface area (TPSA) is 26.3 Å². The Bertz CT molecular complexity index is 452. The van der Waals surface area contributed by atoms with Crippen LogP contribution < -0.4 is 0 Å². The van der Waals surface area contributed by atoms with Crippen LogP contribution in [0.3, 0.4) is 0 Å². The summed E-state index contributed by atoms with van der Waals surface area (Å²) < 4.78 is 45.3. The Morgan fingerprint density at radius 2 is 1.11 bits per heavy atom. The van der Waals surface area contributed by atoms with Crippen molar-refractivity contribution >= 4 is 5.97 Å². The summed E-state index contributed by atoms with van der Waals surface area (Å²) in [4.78, 5) is 12.1. The number of hydrogen-bond donors (Lipinski definition) is 0. The fourth-order valence-electron chi connectivity index (χ4n) is 6.13. The summed E-state index contributed by atoms with van der Waals surface area (Å²) in [6, 6.07) is 0. The highest BCUT2D eigenvalue weighted by atomic mass is 19.4. The van der Waals surface area contributed by atoms with Crippen molar-refractivity contribution in [3.63, 3.8) is 0 Å². The van der Waals surface area contributed by atoms with E-state index in [0.29, 0.717) is 12.3 Å². The summed E-state index contributed by atoms with van der Waals surface area (Å²) in [6.45, 7) is 0. The zero-order chi connectivity index (χ0) is 19.3. The molecule has 3 saturated carbocycles. The molecule has 0 heterocycles. The number of alkyl halides is 3. The number of esters is 1. The molecule has 0 amide bonds. The standard InChI is InChI=1S/C22H35F3O2/c23-22(24,25)20(26)27-21(18-12-6-2-7-13-18,19-14-8-3-9-15-19)16-17-10-4-1-5-11-17/h17-19H,1-16H2. The van der Waals surface area contributed by atoms with Crippen LogP contribution in [-0.4, -0.2) is 17.7 Å². The summed E-state index contributed by atoms with van der Waals surface area (Å²) >= 11 is 0. The lowest BCUT2D eigenvalue weighted by Gasteiger charge is -2.50. The molecule has 0 radical (unpaired) electrons. The molecule has 0 N–H and O–H groups in total. The van der Waals surface area contributed by atoms with Gasteiger partial charge in [0.05, 0.1) is 0 Å². The summed E-state index contributed by atoms with van der Waals surface area (Å²) in [5.41, 5.74) is -0.893. The molecule has 3 rings (SSSR count). The lowest BCUT2D eigenvalue weighted by Crippen LogP contribution is -2.53. The smallest absolute Gasteiger partial charge is 0.452 e. The Morgan fingerprint density at radius 1 is 0.704 bits per heavy atom. The van der Waals surface area contributed by atoms with E-state index in [9.17, 15) is 18.0 Å². The van der Waals surface area contributed by atoms with Crippen LogP contribution in [0.15, 0.2) is 0 Å². The molecule has 0 unspecified atom stereocenters. The second kappa shape index (κ2) is 9.17. The number of carbonyl (C=O) groups is 1. The largest absolute Gasteiger partial charge is 0.490 e. The van der Waals surface area contributed by atoms with Crippen molar-refractivity contribution < 1.29 is 22.7 Å². The molecule has 0 saturated heterocycles. The average molecular weight is 389 g/mol. The third-order valence-corrected chi connectivity index (χ3v) is 7.44. The Labute approximate surface area is 161 Å². The second-order valence-corrected chi connectivity index (χ2v) is 9.22. The van der Waals surface area contributed by atoms with E-state index in [1.54, 1.807) is 0 Å². The summed E-state index contributed by atoms with van der Waals surface area (Å²) in [7, 11) is 0. The first-order valence-corrected chi connectivity index (χ1v) is 11.2. The molecule has 27 heavy (non-hydrogen) atoms. The fraction of sp³-hybridized carbons (Fsp3) is 0.955. The first-order valence-electron chi connectivity index (χ1n) is 11.2. The van der Waals surface area contributed by atoms with Crippen LogP contribution in [0.2, 0.25) is 0 Å². The fourth-order valence-corrected chi connectivity index (χ4v) is 6.13. The minimum atomic E-state index is -4.90. The minimum absolute atomic E-state index is 0.0996. The van der Waals surface area contributed by atoms with Gasteiger partial charge in [0, 0.05) is 0 Å². The SMILES string of the molecule is O=C(OC(CC1CCCCC1)(C1CCCCC1)C1CCCCC1)C(F)(F)F. The van der Waals surface area contributed by atoms with Gasteiger partial charge in [-0.3, -0.25) is 0 Å². The van der Waals surface area contributed by atoms with Crippen molar-refractivity contribution in [1.29, 1.82) is 0 Å². The van der Waals surface area contributed by atoms with Crippen LogP contribution >= 0.6 is 0 Å². The first kappa shape index (κ1) is 21.0. The second-order valence-electron chi connectivity index (χ2n) is 9.22. The molecule has 0 aliphatic heterocycles. The molecule has 2 nitrogen and oxygen atoms in total. The van der Waals surface area contributed by atoms with Crippen molar-refractivity contribution in [2.24, 2.45) is 17.8 Å². The lowest BCUT2D eigenvalue weighted by atomic mass is 9.62. The Hall–Kier alpha value is -0.740. The van der Waals surface area contributed by atoms with E-state index in [0.717, 1.165) is 89.9 Å². The quantitative estimate of drug-likeness (QED) is 0.476. The van der Waals surface area contributed by atoms with E-state index in [-0.39, 0.29) is 11.8 Å². The zero-order valence-corrected chi connectivity index (χ0v) is 16.5. The maximum atomic E-state index is 13.2. The minimum Gasteiger partial charge on any atom is -0.452 e. The van der Waals surface area contributed by atoms with Gasteiger partial charge in [-0.2, -0.15) is 13.2 Å². The van der Waals surface area contributed by atoms with Crippen LogP contribution in [0.1, 0.15) is 103 Å². The van der Waals surface area contributed by atoms with E-state index in [1.807, 2.05) is 0 Å². The van der Waals surface area contributed by atoms with E-state index in [2.05, 4.69) is 0 Å². The molecule has 3 fully saturated rings. The molecule has 0 aromatic rings. The van der Waals surface area contributed by atoms with Gasteiger partial charge in [-0.1, -0.05) is 70.6 Å². The van der Waals surface area contributed by atoms with Crippen molar-refractivity contribution in [2.75, 3.05) is 0 Å². The number of carbonyl (C=O) groups excluding carboxylic acids is 1. The highest BCUT2D eigenvalue weighted by molar-refractivity contribution is 5.76. The molecule has 0 bridgehead atoms. The summed E-state index contributed by atoms with van der Waals surface area (Å²) in [5.74, 6) is -1.34. The highest BCUT2D eigenvalue weighted by Crippen LogP contribution is 2.50. The third-order valence-electron chi connectivity index (χ3n) is 7.44. The van der Waals surface area contributed by atoms with Gasteiger partial charge in [-0.05, 0) is 49.9 Å². The predicted octanol–water partition coefficient (Wildman–Crippen LogP) is 6.96. The molecule has 0 aromatic carbocycles. The number of ether oxygens (including phenoxy) is 1. The number of halogens is 3. The van der Waals surface area contributed by atoms with Gasteiger partial charge >= 0.3 is 12.1 Å². The predicted molar refractivity (Wildman–Crippen MR) is 99.2 cm³/mol. The van der Waals surface area contributed by atoms with Gasteiger partial charge in [0.1, 0.15) is 5.60 Å². The monoisotopic (exact) mass is 388 g/mol. The van der Waals surface area contributed by atoms with Crippen LogP contribution in [0, 0.1) is 17.8 Å². The zero-order valence-electron chi connectivity index (χ0n) is 16.5. The Balaban J connectivity index is 1.91. The van der Waals surface area contributed by atoms with E-state index < -0.39 is 17.7 Å². The Kier molecular flexibility index (Phi) is 7.13. The maximum absolute atomic E-state index is 13.2. The van der Waals surface area contributed by atoms with Gasteiger partial charge in [0.15, 0.2) is 0 Å². The normalized spacial score (nSPS) is 24.7. The molecule has 0 aromatic heterocycles. The Morgan fingerprint density at radius 3 is 1.52 bits per heavy atom. The van der Waals surface area contributed by atoms with Crippen molar-refractivity contribution in [1.82, 2.24) is 0 Å². The molecule has 0 atom stereocenters. The van der Waals surface area contributed by atoms with E-state index in [1.165, 1.54) is 6.42 Å². The summed E-state index contributed by atoms with van der Waals surface area (Å²) in [6.07, 6.45) is 11.6. The molecule has 3 aliphatic rings. The highest BCUT2D eigenvalue weighted by Gasteiger charge is 2.54. The van der Waals surface area contributed by atoms with E-state index >= 15 is 0 Å². The average Bonchev–Trinajstić information content (AvgIpc) is 2.69. The van der Waals surface area contributed by atoms with Crippen molar-refractivity contribution in [3.05, 3.63) is 0 Å². The van der Waals surface area contributed by atoms with Gasteiger partial charge in [-0.25, -0.2) is 4.79 Å². The molecule has 156 valence electrons. The lowest BCUT2D eigenvalue weighted by molar-refractivity contribution is -0.231. The first-order chi connectivity index (χ1) is 12.9. The maximum Gasteiger partial charge on any atom is 0.490 e. The van der Waals surface area contributed by atoms with Crippen LogP contribution in [0.5, 0.6) is 0 Å².